The predicted octanol–water partition coefficient (Wildman–Crippen LogP) is 4.10. The van der Waals surface area contributed by atoms with E-state index in [1.807, 2.05) is 54.3 Å². The van der Waals surface area contributed by atoms with Crippen LogP contribution in [0.3, 0.4) is 0 Å². The van der Waals surface area contributed by atoms with Gasteiger partial charge in [0.15, 0.2) is 0 Å². The topological polar surface area (TPSA) is 32.8 Å². The number of ether oxygens (including phenoxy) is 1. The summed E-state index contributed by atoms with van der Waals surface area (Å²) < 4.78 is 5.20. The van der Waals surface area contributed by atoms with Gasteiger partial charge in [0.05, 0.1) is 7.11 Å². The normalized spacial score (nSPS) is 15.1. The number of carbonyl (C=O) groups excluding carboxylic acids is 1. The van der Waals surface area contributed by atoms with E-state index in [-0.39, 0.29) is 5.91 Å². The molecule has 4 nitrogen and oxygen atoms in total. The van der Waals surface area contributed by atoms with E-state index in [9.17, 15) is 4.79 Å². The number of rotatable bonds is 4. The van der Waals surface area contributed by atoms with Crippen LogP contribution in [0.15, 0.2) is 54.1 Å². The largest absolute Gasteiger partial charge is 0.497 e. The van der Waals surface area contributed by atoms with E-state index in [0.717, 1.165) is 48.8 Å². The summed E-state index contributed by atoms with van der Waals surface area (Å²) in [6.45, 7) is 4.96. The molecule has 0 aliphatic carbocycles. The van der Waals surface area contributed by atoms with E-state index in [1.54, 1.807) is 7.11 Å². The van der Waals surface area contributed by atoms with Gasteiger partial charge in [-0.05, 0) is 55.0 Å². The van der Waals surface area contributed by atoms with Gasteiger partial charge in [-0.15, -0.1) is 0 Å². The van der Waals surface area contributed by atoms with Gasteiger partial charge in [-0.2, -0.15) is 0 Å². The van der Waals surface area contributed by atoms with Crippen molar-refractivity contribution in [1.82, 2.24) is 4.90 Å². The summed E-state index contributed by atoms with van der Waals surface area (Å²) in [6.07, 6.45) is 1.91. The van der Waals surface area contributed by atoms with E-state index in [1.165, 1.54) is 0 Å². The van der Waals surface area contributed by atoms with Crippen molar-refractivity contribution in [1.29, 1.82) is 0 Å². The van der Waals surface area contributed by atoms with Crippen molar-refractivity contribution in [2.45, 2.75) is 6.92 Å². The van der Waals surface area contributed by atoms with Crippen molar-refractivity contribution in [3.05, 3.63) is 64.7 Å². The average molecular weight is 371 g/mol. The summed E-state index contributed by atoms with van der Waals surface area (Å²) in [6, 6.07) is 15.5. The average Bonchev–Trinajstić information content (AvgIpc) is 2.69. The van der Waals surface area contributed by atoms with Crippen molar-refractivity contribution in [2.24, 2.45) is 0 Å². The summed E-state index contributed by atoms with van der Waals surface area (Å²) in [4.78, 5) is 16.9. The highest BCUT2D eigenvalue weighted by Gasteiger charge is 2.22. The van der Waals surface area contributed by atoms with Gasteiger partial charge in [-0.1, -0.05) is 23.7 Å². The monoisotopic (exact) mass is 370 g/mol. The summed E-state index contributed by atoms with van der Waals surface area (Å²) in [5, 5.41) is 0.695. The van der Waals surface area contributed by atoms with Gasteiger partial charge in [-0.25, -0.2) is 0 Å². The second-order valence-electron chi connectivity index (χ2n) is 6.36. The highest BCUT2D eigenvalue weighted by atomic mass is 35.5. The van der Waals surface area contributed by atoms with Gasteiger partial charge in [-0.3, -0.25) is 4.79 Å². The molecule has 2 aromatic rings. The minimum Gasteiger partial charge on any atom is -0.497 e. The van der Waals surface area contributed by atoms with E-state index in [0.29, 0.717) is 5.02 Å². The first-order valence-electron chi connectivity index (χ1n) is 8.69. The molecule has 0 bridgehead atoms. The number of carbonyl (C=O) groups is 1. The highest BCUT2D eigenvalue weighted by molar-refractivity contribution is 6.30. The zero-order valence-corrected chi connectivity index (χ0v) is 15.9. The van der Waals surface area contributed by atoms with Crippen molar-refractivity contribution in [2.75, 3.05) is 38.2 Å². The molecule has 1 heterocycles. The van der Waals surface area contributed by atoms with Gasteiger partial charge < -0.3 is 14.5 Å². The maximum Gasteiger partial charge on any atom is 0.249 e. The number of nitrogens with zero attached hydrogens (tertiary/aromatic N) is 2. The van der Waals surface area contributed by atoms with Gasteiger partial charge >= 0.3 is 0 Å². The molecule has 5 heteroatoms. The molecule has 0 N–H and O–H groups in total. The van der Waals surface area contributed by atoms with Crippen LogP contribution in [0, 0.1) is 0 Å². The lowest BCUT2D eigenvalue weighted by Gasteiger charge is -2.36. The Kier molecular flexibility index (Phi) is 5.84. The van der Waals surface area contributed by atoms with Crippen LogP contribution in [0.1, 0.15) is 12.5 Å². The van der Waals surface area contributed by atoms with Crippen molar-refractivity contribution >= 4 is 29.3 Å². The fourth-order valence-corrected chi connectivity index (χ4v) is 3.21. The zero-order valence-electron chi connectivity index (χ0n) is 15.1. The van der Waals surface area contributed by atoms with Crippen molar-refractivity contribution < 1.29 is 9.53 Å². The first kappa shape index (κ1) is 18.3. The zero-order chi connectivity index (χ0) is 18.5. The van der Waals surface area contributed by atoms with Gasteiger partial charge in [0.25, 0.3) is 0 Å². The van der Waals surface area contributed by atoms with Crippen LogP contribution >= 0.6 is 11.6 Å². The smallest absolute Gasteiger partial charge is 0.249 e. The molecule has 0 radical (unpaired) electrons. The number of halogens is 1. The van der Waals surface area contributed by atoms with Crippen LogP contribution in [0.4, 0.5) is 5.69 Å². The molecule has 0 saturated carbocycles. The first-order valence-corrected chi connectivity index (χ1v) is 9.07. The fourth-order valence-electron chi connectivity index (χ4n) is 3.08. The lowest BCUT2D eigenvalue weighted by atomic mass is 10.1. The molecule has 1 aliphatic heterocycles. The van der Waals surface area contributed by atoms with Crippen LogP contribution in [0.5, 0.6) is 5.75 Å². The Bertz CT molecular complexity index is 777. The molecule has 0 unspecified atom stereocenters. The maximum atomic E-state index is 12.7. The molecular weight excluding hydrogens is 348 g/mol. The van der Waals surface area contributed by atoms with Crippen LogP contribution in [0.2, 0.25) is 5.02 Å². The fraction of sp³-hybridized carbons (Fsp3) is 0.286. The Morgan fingerprint density at radius 3 is 2.19 bits per heavy atom. The standard InChI is InChI=1S/C21H23ClN2O2/c1-16(15-17-3-5-18(22)6-4-17)21(25)24-13-11-23(12-14-24)19-7-9-20(26-2)10-8-19/h3-10,15H,11-14H2,1-2H3/b16-15+. The quantitative estimate of drug-likeness (QED) is 0.759. The molecule has 0 spiro atoms. The maximum absolute atomic E-state index is 12.7. The number of benzene rings is 2. The highest BCUT2D eigenvalue weighted by Crippen LogP contribution is 2.21. The molecule has 1 fully saturated rings. The van der Waals surface area contributed by atoms with Crippen LogP contribution in [-0.4, -0.2) is 44.1 Å². The number of methoxy groups -OCH3 is 1. The summed E-state index contributed by atoms with van der Waals surface area (Å²) in [5.41, 5.74) is 2.88. The van der Waals surface area contributed by atoms with E-state index >= 15 is 0 Å². The molecule has 136 valence electrons. The first-order chi connectivity index (χ1) is 12.6. The summed E-state index contributed by atoms with van der Waals surface area (Å²) in [5.74, 6) is 0.944. The van der Waals surface area contributed by atoms with Crippen molar-refractivity contribution in [3.8, 4) is 5.75 Å². The van der Waals surface area contributed by atoms with Crippen LogP contribution in [-0.2, 0) is 4.79 Å². The van der Waals surface area contributed by atoms with Crippen molar-refractivity contribution in [3.63, 3.8) is 0 Å². The molecule has 0 atom stereocenters. The van der Waals surface area contributed by atoms with Gasteiger partial charge in [0.1, 0.15) is 5.75 Å². The summed E-state index contributed by atoms with van der Waals surface area (Å²) >= 11 is 5.91. The third-order valence-electron chi connectivity index (χ3n) is 4.59. The SMILES string of the molecule is COc1ccc(N2CCN(C(=O)/C(C)=C/c3ccc(Cl)cc3)CC2)cc1. The van der Waals surface area contributed by atoms with Gasteiger partial charge in [0.2, 0.25) is 5.91 Å². The second kappa shape index (κ2) is 8.28. The minimum atomic E-state index is 0.0920. The van der Waals surface area contributed by atoms with E-state index < -0.39 is 0 Å². The molecule has 1 saturated heterocycles. The number of hydrogen-bond acceptors (Lipinski definition) is 3. The van der Waals surface area contributed by atoms with E-state index in [4.69, 9.17) is 16.3 Å². The molecule has 0 aromatic heterocycles. The molecule has 1 aliphatic rings. The lowest BCUT2D eigenvalue weighted by molar-refractivity contribution is -0.127. The number of anilines is 1. The third kappa shape index (κ3) is 4.38. The Morgan fingerprint density at radius 2 is 1.62 bits per heavy atom. The predicted molar refractivity (Wildman–Crippen MR) is 107 cm³/mol. The Morgan fingerprint density at radius 1 is 1.00 bits per heavy atom. The number of piperazine rings is 1. The van der Waals surface area contributed by atoms with Crippen LogP contribution < -0.4 is 9.64 Å². The number of hydrogen-bond donors (Lipinski definition) is 0. The Hall–Kier alpha value is -2.46. The third-order valence-corrected chi connectivity index (χ3v) is 4.85. The van der Waals surface area contributed by atoms with Gasteiger partial charge in [0, 0.05) is 42.5 Å². The summed E-state index contributed by atoms with van der Waals surface area (Å²) in [7, 11) is 1.67. The Labute approximate surface area is 159 Å². The Balaban J connectivity index is 1.59. The lowest BCUT2D eigenvalue weighted by Crippen LogP contribution is -2.49. The van der Waals surface area contributed by atoms with E-state index in [2.05, 4.69) is 17.0 Å². The van der Waals surface area contributed by atoms with Crippen LogP contribution in [0.25, 0.3) is 6.08 Å². The molecule has 26 heavy (non-hydrogen) atoms. The number of amides is 1. The molecular formula is C21H23ClN2O2. The molecule has 2 aromatic carbocycles. The minimum absolute atomic E-state index is 0.0920. The molecule has 3 rings (SSSR count). The molecule has 1 amide bonds. The second-order valence-corrected chi connectivity index (χ2v) is 6.79.